The number of rotatable bonds is 3. The van der Waals surface area contributed by atoms with E-state index in [1.807, 2.05) is 13.0 Å². The van der Waals surface area contributed by atoms with Crippen LogP contribution >= 0.6 is 38.9 Å². The molecular weight excluding hydrogens is 337 g/mol. The Morgan fingerprint density at radius 1 is 1.50 bits per heavy atom. The van der Waals surface area contributed by atoms with E-state index >= 15 is 0 Å². The van der Waals surface area contributed by atoms with Gasteiger partial charge >= 0.3 is 0 Å². The zero-order chi connectivity index (χ0) is 13.3. The van der Waals surface area contributed by atoms with Gasteiger partial charge in [0, 0.05) is 21.5 Å². The Morgan fingerprint density at radius 2 is 2.22 bits per heavy atom. The van der Waals surface area contributed by atoms with E-state index in [0.29, 0.717) is 17.0 Å². The van der Waals surface area contributed by atoms with E-state index in [1.54, 1.807) is 23.5 Å². The van der Waals surface area contributed by atoms with Crippen LogP contribution in [0.1, 0.15) is 22.0 Å². The molecule has 1 unspecified atom stereocenters. The Morgan fingerprint density at radius 3 is 2.78 bits per heavy atom. The van der Waals surface area contributed by atoms with Crippen molar-refractivity contribution < 1.29 is 4.39 Å². The monoisotopic (exact) mass is 347 g/mol. The molecule has 96 valence electrons. The highest BCUT2D eigenvalue weighted by molar-refractivity contribution is 9.11. The van der Waals surface area contributed by atoms with Crippen molar-refractivity contribution in [3.8, 4) is 0 Å². The smallest absolute Gasteiger partial charge is 0.127 e. The number of thiophene rings is 1. The lowest BCUT2D eigenvalue weighted by Crippen LogP contribution is -2.14. The molecule has 0 spiro atoms. The minimum absolute atomic E-state index is 0.248. The third-order valence-electron chi connectivity index (χ3n) is 2.81. The first-order valence-corrected chi connectivity index (χ1v) is 7.42. The second kappa shape index (κ2) is 5.70. The van der Waals surface area contributed by atoms with Gasteiger partial charge in [0.2, 0.25) is 0 Å². The van der Waals surface area contributed by atoms with Crippen LogP contribution in [-0.2, 0) is 6.42 Å². The molecule has 0 saturated heterocycles. The summed E-state index contributed by atoms with van der Waals surface area (Å²) in [6.07, 6.45) is 0.398. The summed E-state index contributed by atoms with van der Waals surface area (Å²) in [5.74, 6) is -0.301. The van der Waals surface area contributed by atoms with E-state index in [0.717, 1.165) is 14.2 Å². The van der Waals surface area contributed by atoms with E-state index in [-0.39, 0.29) is 11.9 Å². The third kappa shape index (κ3) is 2.94. The summed E-state index contributed by atoms with van der Waals surface area (Å²) in [7, 11) is 0. The number of hydrogen-bond acceptors (Lipinski definition) is 2. The molecule has 0 aliphatic carbocycles. The summed E-state index contributed by atoms with van der Waals surface area (Å²) in [6, 6.07) is 6.42. The average molecular weight is 349 g/mol. The van der Waals surface area contributed by atoms with Crippen LogP contribution in [0.25, 0.3) is 0 Å². The van der Waals surface area contributed by atoms with Crippen molar-refractivity contribution in [2.45, 2.75) is 19.4 Å². The molecule has 0 amide bonds. The lowest BCUT2D eigenvalue weighted by molar-refractivity contribution is 0.593. The first-order chi connectivity index (χ1) is 8.49. The molecule has 0 aliphatic heterocycles. The lowest BCUT2D eigenvalue weighted by atomic mass is 10.00. The molecule has 5 heteroatoms. The molecule has 0 bridgehead atoms. The standard InChI is InChI=1S/C13H12BrClFNS/c1-7-8(6-13(14)18-7)12(17)5-9-10(15)3-2-4-11(9)16/h2-4,6,12H,5,17H2,1H3. The fourth-order valence-electron chi connectivity index (χ4n) is 1.88. The maximum absolute atomic E-state index is 13.7. The minimum atomic E-state index is -0.301. The predicted molar refractivity (Wildman–Crippen MR) is 78.8 cm³/mol. The van der Waals surface area contributed by atoms with Crippen molar-refractivity contribution in [1.82, 2.24) is 0 Å². The minimum Gasteiger partial charge on any atom is -0.324 e. The summed E-state index contributed by atoms with van der Waals surface area (Å²) < 4.78 is 14.7. The Labute approximate surface area is 123 Å². The van der Waals surface area contributed by atoms with E-state index < -0.39 is 0 Å². The summed E-state index contributed by atoms with van der Waals surface area (Å²) in [4.78, 5) is 1.14. The van der Waals surface area contributed by atoms with Gasteiger partial charge in [-0.05, 0) is 53.0 Å². The van der Waals surface area contributed by atoms with E-state index in [2.05, 4.69) is 15.9 Å². The van der Waals surface area contributed by atoms with Gasteiger partial charge in [0.1, 0.15) is 5.82 Å². The summed E-state index contributed by atoms with van der Waals surface area (Å²) in [5.41, 5.74) is 7.65. The first kappa shape index (κ1) is 14.0. The quantitative estimate of drug-likeness (QED) is 0.842. The molecule has 1 atom stereocenters. The van der Waals surface area contributed by atoms with Crippen molar-refractivity contribution >= 4 is 38.9 Å². The first-order valence-electron chi connectivity index (χ1n) is 5.43. The zero-order valence-corrected chi connectivity index (χ0v) is 12.9. The lowest BCUT2D eigenvalue weighted by Gasteiger charge is -2.13. The number of nitrogens with two attached hydrogens (primary N) is 1. The average Bonchev–Trinajstić information content (AvgIpc) is 2.63. The van der Waals surface area contributed by atoms with E-state index in [9.17, 15) is 4.39 Å². The van der Waals surface area contributed by atoms with Gasteiger partial charge in [-0.25, -0.2) is 4.39 Å². The molecule has 2 rings (SSSR count). The van der Waals surface area contributed by atoms with Crippen molar-refractivity contribution in [2.24, 2.45) is 5.73 Å². The molecule has 0 radical (unpaired) electrons. The normalized spacial score (nSPS) is 12.7. The van der Waals surface area contributed by atoms with Crippen LogP contribution in [0.2, 0.25) is 5.02 Å². The molecule has 1 heterocycles. The topological polar surface area (TPSA) is 26.0 Å². The van der Waals surface area contributed by atoms with Gasteiger partial charge in [0.05, 0.1) is 3.79 Å². The Bertz CT molecular complexity index is 550. The van der Waals surface area contributed by atoms with Crippen LogP contribution in [0.4, 0.5) is 4.39 Å². The largest absolute Gasteiger partial charge is 0.324 e. The zero-order valence-electron chi connectivity index (χ0n) is 9.71. The number of aryl methyl sites for hydroxylation is 1. The summed E-state index contributed by atoms with van der Waals surface area (Å²) in [6.45, 7) is 2.01. The van der Waals surface area contributed by atoms with Gasteiger partial charge < -0.3 is 5.73 Å². The number of benzene rings is 1. The second-order valence-corrected chi connectivity index (χ2v) is 7.12. The SMILES string of the molecule is Cc1sc(Br)cc1C(N)Cc1c(F)cccc1Cl. The Kier molecular flexibility index (Phi) is 4.43. The van der Waals surface area contributed by atoms with Crippen molar-refractivity contribution in [2.75, 3.05) is 0 Å². The summed E-state index contributed by atoms with van der Waals surface area (Å²) in [5, 5.41) is 0.428. The third-order valence-corrected chi connectivity index (χ3v) is 4.73. The summed E-state index contributed by atoms with van der Waals surface area (Å²) >= 11 is 11.1. The van der Waals surface area contributed by atoms with Gasteiger partial charge in [-0.1, -0.05) is 17.7 Å². The number of hydrogen-bond donors (Lipinski definition) is 1. The van der Waals surface area contributed by atoms with Crippen LogP contribution in [0.3, 0.4) is 0 Å². The van der Waals surface area contributed by atoms with Gasteiger partial charge in [0.15, 0.2) is 0 Å². The molecule has 0 aliphatic rings. The molecule has 18 heavy (non-hydrogen) atoms. The Balaban J connectivity index is 2.26. The predicted octanol–water partition coefficient (Wildman–Crippen LogP) is 4.85. The molecule has 0 saturated carbocycles. The van der Waals surface area contributed by atoms with Crippen LogP contribution in [0.5, 0.6) is 0 Å². The van der Waals surface area contributed by atoms with Gasteiger partial charge in [-0.15, -0.1) is 11.3 Å². The van der Waals surface area contributed by atoms with Crippen LogP contribution in [0.15, 0.2) is 28.1 Å². The maximum atomic E-state index is 13.7. The van der Waals surface area contributed by atoms with E-state index in [1.165, 1.54) is 6.07 Å². The van der Waals surface area contributed by atoms with Crippen molar-refractivity contribution in [3.63, 3.8) is 0 Å². The molecule has 0 fully saturated rings. The molecular formula is C13H12BrClFNS. The highest BCUT2D eigenvalue weighted by atomic mass is 79.9. The molecule has 2 N–H and O–H groups in total. The highest BCUT2D eigenvalue weighted by Gasteiger charge is 2.16. The molecule has 1 aromatic heterocycles. The van der Waals surface area contributed by atoms with Gasteiger partial charge in [-0.2, -0.15) is 0 Å². The molecule has 1 nitrogen and oxygen atoms in total. The highest BCUT2D eigenvalue weighted by Crippen LogP contribution is 2.32. The van der Waals surface area contributed by atoms with Crippen LogP contribution < -0.4 is 5.73 Å². The second-order valence-electron chi connectivity index (χ2n) is 4.07. The van der Waals surface area contributed by atoms with Crippen LogP contribution in [0, 0.1) is 12.7 Å². The molecule has 1 aromatic carbocycles. The van der Waals surface area contributed by atoms with Crippen LogP contribution in [-0.4, -0.2) is 0 Å². The van der Waals surface area contributed by atoms with E-state index in [4.69, 9.17) is 17.3 Å². The fraction of sp³-hybridized carbons (Fsp3) is 0.231. The van der Waals surface area contributed by atoms with Crippen molar-refractivity contribution in [3.05, 3.63) is 54.9 Å². The van der Waals surface area contributed by atoms with Crippen molar-refractivity contribution in [1.29, 1.82) is 0 Å². The van der Waals surface area contributed by atoms with Gasteiger partial charge in [0.25, 0.3) is 0 Å². The fourth-order valence-corrected chi connectivity index (χ4v) is 3.91. The Hall–Kier alpha value is -0.420. The number of halogens is 3. The van der Waals surface area contributed by atoms with Gasteiger partial charge in [-0.3, -0.25) is 0 Å². The maximum Gasteiger partial charge on any atom is 0.127 e. The molecule has 2 aromatic rings.